The van der Waals surface area contributed by atoms with Gasteiger partial charge in [-0.05, 0) is 6.92 Å². The van der Waals surface area contributed by atoms with Crippen LogP contribution in [-0.2, 0) is 4.74 Å². The molecule has 0 spiro atoms. The van der Waals surface area contributed by atoms with Crippen LogP contribution in [0.5, 0.6) is 0 Å². The second-order valence-corrected chi connectivity index (χ2v) is 4.29. The number of β-amino-alcohol motifs (C(OH)–C–C–N with tert-alkyl or cyclic N) is 1. The minimum absolute atomic E-state index is 0.209. The van der Waals surface area contributed by atoms with Gasteiger partial charge in [-0.15, -0.1) is 6.58 Å². The van der Waals surface area contributed by atoms with Gasteiger partial charge in [0.1, 0.15) is 5.69 Å². The van der Waals surface area contributed by atoms with Crippen molar-refractivity contribution in [2.45, 2.75) is 19.3 Å². The van der Waals surface area contributed by atoms with Crippen LogP contribution in [0.2, 0.25) is 0 Å². The van der Waals surface area contributed by atoms with Gasteiger partial charge in [0.15, 0.2) is 6.23 Å². The van der Waals surface area contributed by atoms with Crippen molar-refractivity contribution in [2.24, 2.45) is 0 Å². The van der Waals surface area contributed by atoms with Gasteiger partial charge in [0.05, 0.1) is 12.6 Å². The minimum Gasteiger partial charge on any atom is -0.375 e. The van der Waals surface area contributed by atoms with E-state index < -0.39 is 6.23 Å². The number of carbonyl (C=O) groups excluding carboxylic acids is 1. The van der Waals surface area contributed by atoms with E-state index in [2.05, 4.69) is 11.7 Å². The van der Waals surface area contributed by atoms with Crippen LogP contribution in [0.25, 0.3) is 0 Å². The van der Waals surface area contributed by atoms with E-state index in [1.165, 1.54) is 9.80 Å². The first kappa shape index (κ1) is 13.6. The van der Waals surface area contributed by atoms with Crippen molar-refractivity contribution >= 4 is 11.9 Å². The topological polar surface area (TPSA) is 79.0 Å². The molecule has 0 radical (unpaired) electrons. The molecule has 104 valence electrons. The van der Waals surface area contributed by atoms with Crippen molar-refractivity contribution in [3.8, 4) is 0 Å². The normalized spacial score (nSPS) is 21.0. The van der Waals surface area contributed by atoms with Crippen LogP contribution >= 0.6 is 0 Å². The van der Waals surface area contributed by atoms with Crippen molar-refractivity contribution in [1.82, 2.24) is 10.1 Å². The molecule has 7 nitrogen and oxygen atoms in total. The monoisotopic (exact) mass is 267 g/mol. The Morgan fingerprint density at radius 1 is 1.79 bits per heavy atom. The molecular weight excluding hydrogens is 250 g/mol. The molecule has 1 aliphatic heterocycles. The lowest BCUT2D eigenvalue weighted by Crippen LogP contribution is -2.34. The second kappa shape index (κ2) is 5.41. The maximum atomic E-state index is 12.1. The maximum absolute atomic E-state index is 12.1. The minimum atomic E-state index is -0.953. The zero-order chi connectivity index (χ0) is 14.0. The number of urea groups is 1. The second-order valence-electron chi connectivity index (χ2n) is 4.29. The average Bonchev–Trinajstić information content (AvgIpc) is 2.95. The quantitative estimate of drug-likeness (QED) is 0.809. The van der Waals surface area contributed by atoms with E-state index in [-0.39, 0.29) is 24.6 Å². The molecule has 2 unspecified atom stereocenters. The van der Waals surface area contributed by atoms with Crippen molar-refractivity contribution in [3.63, 3.8) is 0 Å². The predicted molar refractivity (Wildman–Crippen MR) is 67.6 cm³/mol. The number of hydrogen-bond acceptors (Lipinski definition) is 5. The first-order valence-corrected chi connectivity index (χ1v) is 5.95. The number of aliphatic hydroxyl groups excluding tert-OH is 1. The van der Waals surface area contributed by atoms with Crippen LogP contribution in [-0.4, -0.2) is 47.6 Å². The molecule has 0 aliphatic carbocycles. The highest BCUT2D eigenvalue weighted by atomic mass is 16.5. The Morgan fingerprint density at radius 3 is 3.16 bits per heavy atom. The molecule has 1 fully saturated rings. The van der Waals surface area contributed by atoms with Crippen LogP contribution in [0.1, 0.15) is 18.7 Å². The van der Waals surface area contributed by atoms with Crippen LogP contribution in [0.3, 0.4) is 0 Å². The summed E-state index contributed by atoms with van der Waals surface area (Å²) in [6.07, 6.45) is 0.412. The Morgan fingerprint density at radius 2 is 2.53 bits per heavy atom. The summed E-state index contributed by atoms with van der Waals surface area (Å²) < 4.78 is 10.2. The Kier molecular flexibility index (Phi) is 3.87. The fourth-order valence-electron chi connectivity index (χ4n) is 1.89. The summed E-state index contributed by atoms with van der Waals surface area (Å²) in [6, 6.07) is 1.26. The first-order chi connectivity index (χ1) is 9.08. The van der Waals surface area contributed by atoms with Gasteiger partial charge >= 0.3 is 6.03 Å². The van der Waals surface area contributed by atoms with Crippen molar-refractivity contribution in [3.05, 3.63) is 24.4 Å². The molecule has 0 aromatic carbocycles. The molecule has 1 N–H and O–H groups in total. The Labute approximate surface area is 111 Å². The molecule has 1 aromatic heterocycles. The zero-order valence-electron chi connectivity index (χ0n) is 10.9. The molecule has 0 saturated carbocycles. The van der Waals surface area contributed by atoms with Crippen LogP contribution in [0, 0.1) is 0 Å². The number of hydrogen-bond donors (Lipinski definition) is 1. The molecule has 0 bridgehead atoms. The Bertz CT molecular complexity index is 473. The number of ether oxygens (including phenoxy) is 1. The molecule has 2 amide bonds. The fourth-order valence-corrected chi connectivity index (χ4v) is 1.89. The molecule has 2 atom stereocenters. The highest BCUT2D eigenvalue weighted by Gasteiger charge is 2.38. The number of anilines is 1. The summed E-state index contributed by atoms with van der Waals surface area (Å²) in [7, 11) is 1.56. The third-order valence-electron chi connectivity index (χ3n) is 3.03. The third kappa shape index (κ3) is 2.47. The predicted octanol–water partition coefficient (Wildman–Crippen LogP) is 1.13. The molecular formula is C12H17N3O4. The standard InChI is InChI=1S/C12H17N3O4/c1-4-5-14-7-10(16)15(12(14)17)11-6-9(13-19-11)8(2)18-3/h4,6,8,10,16H,1,5,7H2,2-3H3. The summed E-state index contributed by atoms with van der Waals surface area (Å²) in [6.45, 7) is 5.97. The molecule has 2 rings (SSSR count). The number of nitrogens with zero attached hydrogens (tertiary/aromatic N) is 3. The van der Waals surface area contributed by atoms with Gasteiger partial charge in [0.2, 0.25) is 5.88 Å². The molecule has 7 heteroatoms. The lowest BCUT2D eigenvalue weighted by Gasteiger charge is -2.15. The van der Waals surface area contributed by atoms with Gasteiger partial charge in [-0.25, -0.2) is 9.69 Å². The third-order valence-corrected chi connectivity index (χ3v) is 3.03. The highest BCUT2D eigenvalue weighted by molar-refractivity contribution is 5.93. The van der Waals surface area contributed by atoms with E-state index in [1.807, 2.05) is 6.92 Å². The summed E-state index contributed by atoms with van der Waals surface area (Å²) in [4.78, 5) is 14.7. The van der Waals surface area contributed by atoms with E-state index in [0.29, 0.717) is 12.2 Å². The van der Waals surface area contributed by atoms with E-state index >= 15 is 0 Å². The fraction of sp³-hybridized carbons (Fsp3) is 0.500. The summed E-state index contributed by atoms with van der Waals surface area (Å²) in [5.74, 6) is 0.211. The van der Waals surface area contributed by atoms with Gasteiger partial charge in [0, 0.05) is 19.7 Å². The van der Waals surface area contributed by atoms with Crippen LogP contribution in [0.15, 0.2) is 23.2 Å². The number of rotatable bonds is 5. The lowest BCUT2D eigenvalue weighted by molar-refractivity contribution is 0.112. The molecule has 2 heterocycles. The zero-order valence-corrected chi connectivity index (χ0v) is 10.9. The van der Waals surface area contributed by atoms with E-state index in [1.54, 1.807) is 19.3 Å². The van der Waals surface area contributed by atoms with Gasteiger partial charge in [0.25, 0.3) is 0 Å². The van der Waals surface area contributed by atoms with Crippen LogP contribution < -0.4 is 4.90 Å². The summed E-state index contributed by atoms with van der Waals surface area (Å²) >= 11 is 0. The molecule has 1 saturated heterocycles. The largest absolute Gasteiger partial charge is 0.375 e. The van der Waals surface area contributed by atoms with E-state index in [9.17, 15) is 9.90 Å². The van der Waals surface area contributed by atoms with Gasteiger partial charge in [-0.2, -0.15) is 0 Å². The number of aromatic nitrogens is 1. The van der Waals surface area contributed by atoms with Gasteiger partial charge in [-0.1, -0.05) is 11.2 Å². The average molecular weight is 267 g/mol. The maximum Gasteiger partial charge on any atom is 0.329 e. The van der Waals surface area contributed by atoms with Gasteiger partial charge in [-0.3, -0.25) is 0 Å². The Balaban J connectivity index is 2.19. The number of methoxy groups -OCH3 is 1. The van der Waals surface area contributed by atoms with Crippen molar-refractivity contribution in [1.29, 1.82) is 0 Å². The smallest absolute Gasteiger partial charge is 0.329 e. The van der Waals surface area contributed by atoms with Crippen molar-refractivity contribution in [2.75, 3.05) is 25.1 Å². The van der Waals surface area contributed by atoms with Gasteiger partial charge < -0.3 is 19.3 Å². The number of aliphatic hydroxyl groups is 1. The highest BCUT2D eigenvalue weighted by Crippen LogP contribution is 2.27. The lowest BCUT2D eigenvalue weighted by atomic mass is 10.3. The number of amides is 2. The summed E-state index contributed by atoms with van der Waals surface area (Å²) in [5, 5.41) is 13.8. The molecule has 19 heavy (non-hydrogen) atoms. The van der Waals surface area contributed by atoms with Crippen molar-refractivity contribution < 1.29 is 19.2 Å². The first-order valence-electron chi connectivity index (χ1n) is 5.95. The van der Waals surface area contributed by atoms with E-state index in [0.717, 1.165) is 0 Å². The molecule has 1 aromatic rings. The molecule has 1 aliphatic rings. The SMILES string of the molecule is C=CCN1CC(O)N(c2cc(C(C)OC)no2)C1=O. The van der Waals surface area contributed by atoms with Crippen LogP contribution in [0.4, 0.5) is 10.7 Å². The Hall–Kier alpha value is -1.86. The summed E-state index contributed by atoms with van der Waals surface area (Å²) in [5.41, 5.74) is 0.569. The number of carbonyl (C=O) groups is 1. The van der Waals surface area contributed by atoms with E-state index in [4.69, 9.17) is 9.26 Å².